The average molecular weight is 526 g/mol. The predicted molar refractivity (Wildman–Crippen MR) is 124 cm³/mol. The predicted octanol–water partition coefficient (Wildman–Crippen LogP) is 1.26. The summed E-state index contributed by atoms with van der Waals surface area (Å²) in [6.07, 6.45) is -0.652. The molecule has 1 aromatic heterocycles. The van der Waals surface area contributed by atoms with Gasteiger partial charge in [0.2, 0.25) is 0 Å². The SMILES string of the molecule is CN1CCC(C2=NOC(C[C@H]3O[C@H](CO)[C@H](O)[C@H](n4cc(-c5cc(F)c(F)c(F)c5)nn4)[C@H]3O)C2)CC1. The van der Waals surface area contributed by atoms with Crippen molar-refractivity contribution in [2.75, 3.05) is 26.7 Å². The number of aliphatic hydroxyl groups is 3. The molecule has 10 nitrogen and oxygen atoms in total. The Labute approximate surface area is 211 Å². The van der Waals surface area contributed by atoms with Crippen LogP contribution in [0, 0.1) is 23.4 Å². The average Bonchev–Trinajstić information content (AvgIpc) is 3.55. The summed E-state index contributed by atoms with van der Waals surface area (Å²) in [6, 6.07) is 0.480. The Morgan fingerprint density at radius 1 is 1.05 bits per heavy atom. The lowest BCUT2D eigenvalue weighted by Crippen LogP contribution is -2.56. The van der Waals surface area contributed by atoms with Gasteiger partial charge in [-0.1, -0.05) is 10.4 Å². The van der Waals surface area contributed by atoms with Crippen molar-refractivity contribution in [3.63, 3.8) is 0 Å². The Morgan fingerprint density at radius 3 is 2.41 bits per heavy atom. The standard InChI is InChI=1S/C24H30F3N5O5/c1-31-4-2-12(3-5-31)17-8-14(37-29-17)9-19-23(34)22(24(35)20(11-33)36-19)32-10-18(28-30-32)13-6-15(25)21(27)16(26)7-13/h6-7,10,12,14,19-20,22-24,33-35H,2-5,8-9,11H2,1H3/t14?,19-,20-,22-,23+,24+/m1/s1. The van der Waals surface area contributed by atoms with Gasteiger partial charge in [0.1, 0.15) is 36.2 Å². The quantitative estimate of drug-likeness (QED) is 0.482. The number of likely N-dealkylation sites (tertiary alicyclic amines) is 1. The summed E-state index contributed by atoms with van der Waals surface area (Å²) >= 11 is 0. The maximum Gasteiger partial charge on any atom is 0.194 e. The first-order chi connectivity index (χ1) is 17.7. The highest BCUT2D eigenvalue weighted by Crippen LogP contribution is 2.35. The third-order valence-electron chi connectivity index (χ3n) is 7.53. The smallest absolute Gasteiger partial charge is 0.194 e. The maximum absolute atomic E-state index is 13.7. The minimum atomic E-state index is -1.60. The number of oxime groups is 1. The summed E-state index contributed by atoms with van der Waals surface area (Å²) in [7, 11) is 2.09. The molecule has 0 bridgehead atoms. The van der Waals surface area contributed by atoms with Crippen LogP contribution in [0.1, 0.15) is 31.7 Å². The van der Waals surface area contributed by atoms with Gasteiger partial charge in [0.15, 0.2) is 17.5 Å². The van der Waals surface area contributed by atoms with Crippen molar-refractivity contribution >= 4 is 5.71 Å². The molecule has 5 rings (SSSR count). The Kier molecular flexibility index (Phi) is 7.50. The van der Waals surface area contributed by atoms with Crippen molar-refractivity contribution in [3.8, 4) is 11.3 Å². The van der Waals surface area contributed by atoms with Crippen LogP contribution in [0.15, 0.2) is 23.5 Å². The van der Waals surface area contributed by atoms with Gasteiger partial charge < -0.3 is 29.8 Å². The van der Waals surface area contributed by atoms with Crippen LogP contribution >= 0.6 is 0 Å². The van der Waals surface area contributed by atoms with E-state index in [1.165, 1.54) is 6.20 Å². The van der Waals surface area contributed by atoms with Gasteiger partial charge in [0, 0.05) is 24.3 Å². The van der Waals surface area contributed by atoms with Crippen LogP contribution in [0.3, 0.4) is 0 Å². The topological polar surface area (TPSA) is 125 Å². The molecule has 0 saturated carbocycles. The van der Waals surface area contributed by atoms with Gasteiger partial charge in [0.05, 0.1) is 24.6 Å². The van der Waals surface area contributed by atoms with E-state index in [0.717, 1.165) is 48.5 Å². The highest BCUT2D eigenvalue weighted by molar-refractivity contribution is 5.87. The zero-order chi connectivity index (χ0) is 26.3. The molecule has 6 atom stereocenters. The lowest BCUT2D eigenvalue weighted by atomic mass is 9.86. The first-order valence-corrected chi connectivity index (χ1v) is 12.4. The molecule has 4 heterocycles. The highest BCUT2D eigenvalue weighted by atomic mass is 19.2. The number of hydrogen-bond donors (Lipinski definition) is 3. The maximum atomic E-state index is 13.7. The molecule has 2 saturated heterocycles. The van der Waals surface area contributed by atoms with Crippen molar-refractivity contribution in [2.24, 2.45) is 11.1 Å². The Bertz CT molecular complexity index is 1120. The second-order valence-electron chi connectivity index (χ2n) is 10.0. The van der Waals surface area contributed by atoms with E-state index < -0.39 is 54.5 Å². The van der Waals surface area contributed by atoms with Crippen LogP contribution in [0.25, 0.3) is 11.3 Å². The van der Waals surface area contributed by atoms with Crippen LogP contribution in [0.4, 0.5) is 13.2 Å². The zero-order valence-electron chi connectivity index (χ0n) is 20.3. The van der Waals surface area contributed by atoms with Crippen LogP contribution in [0.2, 0.25) is 0 Å². The van der Waals surface area contributed by atoms with Crippen molar-refractivity contribution in [3.05, 3.63) is 35.8 Å². The molecule has 13 heteroatoms. The van der Waals surface area contributed by atoms with E-state index in [-0.39, 0.29) is 23.8 Å². The van der Waals surface area contributed by atoms with E-state index in [4.69, 9.17) is 9.57 Å². The van der Waals surface area contributed by atoms with Gasteiger partial charge in [-0.25, -0.2) is 17.9 Å². The Hall–Kier alpha value is -2.58. The number of ether oxygens (including phenoxy) is 1. The molecule has 0 amide bonds. The fourth-order valence-electron chi connectivity index (χ4n) is 5.36. The molecule has 0 aliphatic carbocycles. The normalized spacial score (nSPS) is 31.4. The first kappa shape index (κ1) is 26.0. The summed E-state index contributed by atoms with van der Waals surface area (Å²) in [6.45, 7) is 1.47. The van der Waals surface area contributed by atoms with E-state index >= 15 is 0 Å². The summed E-state index contributed by atoms with van der Waals surface area (Å²) in [5.41, 5.74) is 0.946. The molecular formula is C24H30F3N5O5. The summed E-state index contributed by atoms with van der Waals surface area (Å²) in [4.78, 5) is 7.92. The highest BCUT2D eigenvalue weighted by Gasteiger charge is 2.47. The lowest BCUT2D eigenvalue weighted by molar-refractivity contribution is -0.212. The van der Waals surface area contributed by atoms with Crippen LogP contribution in [-0.4, -0.2) is 98.2 Å². The molecule has 37 heavy (non-hydrogen) atoms. The van der Waals surface area contributed by atoms with Gasteiger partial charge in [-0.15, -0.1) is 5.10 Å². The zero-order valence-corrected chi connectivity index (χ0v) is 20.3. The van der Waals surface area contributed by atoms with Crippen LogP contribution in [-0.2, 0) is 9.57 Å². The largest absolute Gasteiger partial charge is 0.394 e. The third kappa shape index (κ3) is 5.23. The van der Waals surface area contributed by atoms with Gasteiger partial charge in [0.25, 0.3) is 0 Å². The van der Waals surface area contributed by atoms with Crippen molar-refractivity contribution < 1.29 is 38.1 Å². The van der Waals surface area contributed by atoms with Gasteiger partial charge in [-0.2, -0.15) is 0 Å². The van der Waals surface area contributed by atoms with Crippen molar-refractivity contribution in [1.29, 1.82) is 0 Å². The van der Waals surface area contributed by atoms with Gasteiger partial charge in [-0.05, 0) is 45.1 Å². The van der Waals surface area contributed by atoms with Gasteiger partial charge in [-0.3, -0.25) is 0 Å². The molecule has 202 valence electrons. The van der Waals surface area contributed by atoms with Gasteiger partial charge >= 0.3 is 0 Å². The monoisotopic (exact) mass is 525 g/mol. The second kappa shape index (κ2) is 10.7. The number of halogens is 3. The summed E-state index contributed by atoms with van der Waals surface area (Å²) in [5.74, 6) is -4.01. The van der Waals surface area contributed by atoms with Crippen LogP contribution in [0.5, 0.6) is 0 Å². The molecule has 0 radical (unpaired) electrons. The number of hydrogen-bond acceptors (Lipinski definition) is 9. The first-order valence-electron chi connectivity index (χ1n) is 12.4. The fraction of sp³-hybridized carbons (Fsp3) is 0.625. The number of piperidine rings is 1. The molecule has 1 aromatic carbocycles. The number of nitrogens with zero attached hydrogens (tertiary/aromatic N) is 5. The van der Waals surface area contributed by atoms with E-state index in [2.05, 4.69) is 27.4 Å². The summed E-state index contributed by atoms with van der Waals surface area (Å²) in [5, 5.41) is 43.9. The fourth-order valence-corrected chi connectivity index (χ4v) is 5.36. The molecule has 3 aliphatic heterocycles. The Balaban J connectivity index is 1.30. The summed E-state index contributed by atoms with van der Waals surface area (Å²) < 4.78 is 47.7. The third-order valence-corrected chi connectivity index (χ3v) is 7.53. The number of aromatic nitrogens is 3. The van der Waals surface area contributed by atoms with E-state index in [9.17, 15) is 28.5 Å². The lowest BCUT2D eigenvalue weighted by Gasteiger charge is -2.42. The Morgan fingerprint density at radius 2 is 1.73 bits per heavy atom. The van der Waals surface area contributed by atoms with E-state index in [1.54, 1.807) is 0 Å². The molecule has 2 aromatic rings. The van der Waals surface area contributed by atoms with E-state index in [1.807, 2.05) is 0 Å². The molecule has 0 spiro atoms. The molecule has 2 fully saturated rings. The van der Waals surface area contributed by atoms with Crippen molar-refractivity contribution in [1.82, 2.24) is 19.9 Å². The van der Waals surface area contributed by atoms with Crippen LogP contribution < -0.4 is 0 Å². The molecule has 3 aliphatic rings. The minimum absolute atomic E-state index is 0.0103. The molecule has 3 N–H and O–H groups in total. The minimum Gasteiger partial charge on any atom is -0.394 e. The molecule has 1 unspecified atom stereocenters. The number of aliphatic hydroxyl groups excluding tert-OH is 3. The number of benzene rings is 1. The van der Waals surface area contributed by atoms with E-state index in [0.29, 0.717) is 12.3 Å². The molecular weight excluding hydrogens is 495 g/mol. The number of rotatable bonds is 6. The van der Waals surface area contributed by atoms with Crippen molar-refractivity contribution in [2.45, 2.75) is 62.2 Å². The second-order valence-corrected chi connectivity index (χ2v) is 10.0.